The summed E-state index contributed by atoms with van der Waals surface area (Å²) in [6, 6.07) is 9.75. The molecule has 5 heteroatoms. The summed E-state index contributed by atoms with van der Waals surface area (Å²) in [5.74, 6) is 0.659. The normalized spacial score (nSPS) is 15.1. The SMILES string of the molecule is COCc1cccc(C(=O)Nc2ccnn2C2CCCC2)c1. The average Bonchev–Trinajstić information content (AvgIpc) is 3.18. The van der Waals surface area contributed by atoms with Gasteiger partial charge in [0.15, 0.2) is 0 Å². The van der Waals surface area contributed by atoms with Crippen LogP contribution in [0.1, 0.15) is 47.6 Å². The number of nitrogens with one attached hydrogen (secondary N) is 1. The standard InChI is InChI=1S/C17H21N3O2/c1-22-12-13-5-4-6-14(11-13)17(21)19-16-9-10-18-20(16)15-7-2-3-8-15/h4-6,9-11,15H,2-3,7-8,12H2,1H3,(H,19,21). The van der Waals surface area contributed by atoms with Crippen LogP contribution in [0.2, 0.25) is 0 Å². The van der Waals surface area contributed by atoms with Gasteiger partial charge in [-0.3, -0.25) is 4.79 Å². The summed E-state index contributed by atoms with van der Waals surface area (Å²) >= 11 is 0. The average molecular weight is 299 g/mol. The molecule has 1 amide bonds. The number of ether oxygens (including phenoxy) is 1. The van der Waals surface area contributed by atoms with E-state index in [0.29, 0.717) is 18.2 Å². The lowest BCUT2D eigenvalue weighted by Gasteiger charge is -2.14. The van der Waals surface area contributed by atoms with E-state index < -0.39 is 0 Å². The highest BCUT2D eigenvalue weighted by atomic mass is 16.5. The van der Waals surface area contributed by atoms with Crippen molar-refractivity contribution in [1.82, 2.24) is 9.78 Å². The van der Waals surface area contributed by atoms with Gasteiger partial charge in [-0.05, 0) is 30.5 Å². The number of nitrogens with zero attached hydrogens (tertiary/aromatic N) is 2. The summed E-state index contributed by atoms with van der Waals surface area (Å²) in [7, 11) is 1.65. The van der Waals surface area contributed by atoms with Gasteiger partial charge in [0.1, 0.15) is 5.82 Å². The molecule has 1 aliphatic rings. The first-order chi connectivity index (χ1) is 10.8. The monoisotopic (exact) mass is 299 g/mol. The lowest BCUT2D eigenvalue weighted by molar-refractivity contribution is 0.102. The molecule has 22 heavy (non-hydrogen) atoms. The molecular formula is C17H21N3O2. The Kier molecular flexibility index (Phi) is 4.53. The van der Waals surface area contributed by atoms with Gasteiger partial charge in [0, 0.05) is 18.7 Å². The summed E-state index contributed by atoms with van der Waals surface area (Å²) in [6.45, 7) is 0.501. The van der Waals surface area contributed by atoms with Crippen LogP contribution in [0, 0.1) is 0 Å². The van der Waals surface area contributed by atoms with E-state index in [2.05, 4.69) is 10.4 Å². The van der Waals surface area contributed by atoms with Crippen LogP contribution < -0.4 is 5.32 Å². The van der Waals surface area contributed by atoms with Gasteiger partial charge < -0.3 is 10.1 Å². The summed E-state index contributed by atoms with van der Waals surface area (Å²) in [4.78, 5) is 12.4. The van der Waals surface area contributed by atoms with Crippen LogP contribution in [0.4, 0.5) is 5.82 Å². The molecule has 1 N–H and O–H groups in total. The summed E-state index contributed by atoms with van der Waals surface area (Å²) in [6.07, 6.45) is 6.48. The number of benzene rings is 1. The lowest BCUT2D eigenvalue weighted by atomic mass is 10.1. The second-order valence-electron chi connectivity index (χ2n) is 5.69. The zero-order valence-corrected chi connectivity index (χ0v) is 12.8. The van der Waals surface area contributed by atoms with E-state index in [-0.39, 0.29) is 5.91 Å². The Morgan fingerprint density at radius 1 is 1.36 bits per heavy atom. The maximum atomic E-state index is 12.4. The van der Waals surface area contributed by atoms with Gasteiger partial charge in [-0.2, -0.15) is 5.10 Å². The van der Waals surface area contributed by atoms with E-state index in [9.17, 15) is 4.79 Å². The molecule has 0 atom stereocenters. The highest BCUT2D eigenvalue weighted by Crippen LogP contribution is 2.31. The Morgan fingerprint density at radius 2 is 2.18 bits per heavy atom. The predicted octanol–water partition coefficient (Wildman–Crippen LogP) is 3.40. The van der Waals surface area contributed by atoms with Crippen LogP contribution in [-0.2, 0) is 11.3 Å². The van der Waals surface area contributed by atoms with Crippen molar-refractivity contribution in [3.63, 3.8) is 0 Å². The number of carbonyl (C=O) groups is 1. The number of hydrogen-bond donors (Lipinski definition) is 1. The second-order valence-corrected chi connectivity index (χ2v) is 5.69. The molecule has 5 nitrogen and oxygen atoms in total. The minimum Gasteiger partial charge on any atom is -0.380 e. The number of hydrogen-bond acceptors (Lipinski definition) is 3. The van der Waals surface area contributed by atoms with Crippen molar-refractivity contribution < 1.29 is 9.53 Å². The van der Waals surface area contributed by atoms with Crippen molar-refractivity contribution in [2.45, 2.75) is 38.3 Å². The van der Waals surface area contributed by atoms with Crippen molar-refractivity contribution in [3.8, 4) is 0 Å². The van der Waals surface area contributed by atoms with Gasteiger partial charge in [-0.25, -0.2) is 4.68 Å². The van der Waals surface area contributed by atoms with Gasteiger partial charge in [0.05, 0.1) is 18.8 Å². The minimum atomic E-state index is -0.113. The van der Waals surface area contributed by atoms with Crippen molar-refractivity contribution in [2.24, 2.45) is 0 Å². The minimum absolute atomic E-state index is 0.113. The van der Waals surface area contributed by atoms with Gasteiger partial charge in [-0.15, -0.1) is 0 Å². The van der Waals surface area contributed by atoms with E-state index in [1.165, 1.54) is 12.8 Å². The molecule has 2 aromatic rings. The molecular weight excluding hydrogens is 278 g/mol. The number of carbonyl (C=O) groups excluding carboxylic acids is 1. The highest BCUT2D eigenvalue weighted by molar-refractivity contribution is 6.03. The van der Waals surface area contributed by atoms with Crippen LogP contribution in [0.15, 0.2) is 36.5 Å². The first-order valence-electron chi connectivity index (χ1n) is 7.70. The van der Waals surface area contributed by atoms with Crippen molar-refractivity contribution in [2.75, 3.05) is 12.4 Å². The van der Waals surface area contributed by atoms with Crippen LogP contribution in [0.3, 0.4) is 0 Å². The van der Waals surface area contributed by atoms with Gasteiger partial charge in [-0.1, -0.05) is 25.0 Å². The molecule has 1 fully saturated rings. The number of rotatable bonds is 5. The van der Waals surface area contributed by atoms with Gasteiger partial charge >= 0.3 is 0 Å². The number of anilines is 1. The van der Waals surface area contributed by atoms with E-state index in [1.807, 2.05) is 35.0 Å². The van der Waals surface area contributed by atoms with E-state index >= 15 is 0 Å². The molecule has 0 bridgehead atoms. The Bertz CT molecular complexity index is 645. The largest absolute Gasteiger partial charge is 0.380 e. The molecule has 0 unspecified atom stereocenters. The van der Waals surface area contributed by atoms with E-state index in [1.54, 1.807) is 13.3 Å². The summed E-state index contributed by atoms with van der Waals surface area (Å²) in [5.41, 5.74) is 1.62. The lowest BCUT2D eigenvalue weighted by Crippen LogP contribution is -2.17. The van der Waals surface area contributed by atoms with Gasteiger partial charge in [0.2, 0.25) is 0 Å². The third kappa shape index (κ3) is 3.20. The first kappa shape index (κ1) is 14.8. The molecule has 3 rings (SSSR count). The molecule has 0 spiro atoms. The maximum absolute atomic E-state index is 12.4. The molecule has 1 saturated carbocycles. The summed E-state index contributed by atoms with van der Waals surface area (Å²) in [5, 5.41) is 7.35. The van der Waals surface area contributed by atoms with Crippen LogP contribution >= 0.6 is 0 Å². The molecule has 1 aliphatic carbocycles. The quantitative estimate of drug-likeness (QED) is 0.920. The molecule has 1 aromatic carbocycles. The number of methoxy groups -OCH3 is 1. The zero-order chi connectivity index (χ0) is 15.4. The highest BCUT2D eigenvalue weighted by Gasteiger charge is 2.20. The van der Waals surface area contributed by atoms with Crippen LogP contribution in [0.25, 0.3) is 0 Å². The third-order valence-electron chi connectivity index (χ3n) is 4.08. The molecule has 0 saturated heterocycles. The molecule has 0 aliphatic heterocycles. The number of amides is 1. The predicted molar refractivity (Wildman–Crippen MR) is 84.8 cm³/mol. The maximum Gasteiger partial charge on any atom is 0.256 e. The smallest absolute Gasteiger partial charge is 0.256 e. The Balaban J connectivity index is 1.74. The fourth-order valence-electron chi connectivity index (χ4n) is 3.01. The molecule has 1 heterocycles. The Hall–Kier alpha value is -2.14. The van der Waals surface area contributed by atoms with Gasteiger partial charge in [0.25, 0.3) is 5.91 Å². The Labute approximate surface area is 130 Å². The fourth-order valence-corrected chi connectivity index (χ4v) is 3.01. The topological polar surface area (TPSA) is 56.1 Å². The zero-order valence-electron chi connectivity index (χ0n) is 12.8. The molecule has 0 radical (unpaired) electrons. The van der Waals surface area contributed by atoms with Crippen molar-refractivity contribution in [1.29, 1.82) is 0 Å². The van der Waals surface area contributed by atoms with Crippen LogP contribution in [0.5, 0.6) is 0 Å². The van der Waals surface area contributed by atoms with Crippen LogP contribution in [-0.4, -0.2) is 22.8 Å². The summed E-state index contributed by atoms with van der Waals surface area (Å²) < 4.78 is 7.06. The molecule has 1 aromatic heterocycles. The van der Waals surface area contributed by atoms with Crippen molar-refractivity contribution >= 4 is 11.7 Å². The fraction of sp³-hybridized carbons (Fsp3) is 0.412. The Morgan fingerprint density at radius 3 is 2.95 bits per heavy atom. The third-order valence-corrected chi connectivity index (χ3v) is 4.08. The second kappa shape index (κ2) is 6.75. The molecule has 116 valence electrons. The number of aromatic nitrogens is 2. The van der Waals surface area contributed by atoms with E-state index in [0.717, 1.165) is 24.2 Å². The van der Waals surface area contributed by atoms with E-state index in [4.69, 9.17) is 4.74 Å². The first-order valence-corrected chi connectivity index (χ1v) is 7.70. The van der Waals surface area contributed by atoms with Crippen molar-refractivity contribution in [3.05, 3.63) is 47.7 Å².